The fourth-order valence-corrected chi connectivity index (χ4v) is 4.15. The van der Waals surface area contributed by atoms with Gasteiger partial charge in [-0.3, -0.25) is 9.78 Å². The van der Waals surface area contributed by atoms with Gasteiger partial charge in [-0.25, -0.2) is 0 Å². The van der Waals surface area contributed by atoms with Crippen LogP contribution >= 0.6 is 35.4 Å². The number of esters is 1. The van der Waals surface area contributed by atoms with Crippen LogP contribution < -0.4 is 5.32 Å². The molecule has 4 rings (SSSR count). The Bertz CT molecular complexity index is 1110. The summed E-state index contributed by atoms with van der Waals surface area (Å²) in [6, 6.07) is 14.0. The third-order valence-electron chi connectivity index (χ3n) is 4.92. The van der Waals surface area contributed by atoms with Crippen LogP contribution in [-0.2, 0) is 9.53 Å². The fourth-order valence-electron chi connectivity index (χ4n) is 3.55. The van der Waals surface area contributed by atoms with Gasteiger partial charge in [-0.05, 0) is 61.6 Å². The lowest BCUT2D eigenvalue weighted by molar-refractivity contribution is -0.143. The zero-order chi connectivity index (χ0) is 22.0. The summed E-state index contributed by atoms with van der Waals surface area (Å²) in [5.74, 6) is 0.894. The average Bonchev–Trinajstić information content (AvgIpc) is 3.36. The number of halogens is 2. The third-order valence-corrected chi connectivity index (χ3v) is 6.02. The zero-order valence-corrected chi connectivity index (χ0v) is 18.9. The van der Waals surface area contributed by atoms with E-state index in [0.29, 0.717) is 33.3 Å². The van der Waals surface area contributed by atoms with Gasteiger partial charge in [0.05, 0.1) is 28.4 Å². The second kappa shape index (κ2) is 9.26. The van der Waals surface area contributed by atoms with E-state index in [1.807, 2.05) is 36.4 Å². The van der Waals surface area contributed by atoms with Gasteiger partial charge in [0.15, 0.2) is 5.11 Å². The zero-order valence-electron chi connectivity index (χ0n) is 16.5. The summed E-state index contributed by atoms with van der Waals surface area (Å²) < 4.78 is 11.3. The topological polar surface area (TPSA) is 67.6 Å². The Balaban J connectivity index is 1.71. The number of pyridine rings is 1. The number of hydrogen-bond donors (Lipinski definition) is 1. The molecule has 9 heteroatoms. The number of aromatic nitrogens is 1. The Morgan fingerprint density at radius 1 is 1.23 bits per heavy atom. The molecule has 2 atom stereocenters. The van der Waals surface area contributed by atoms with Crippen molar-refractivity contribution in [2.24, 2.45) is 0 Å². The van der Waals surface area contributed by atoms with Crippen molar-refractivity contribution >= 4 is 46.5 Å². The number of carbonyl (C=O) groups excluding carboxylic acids is 1. The lowest BCUT2D eigenvalue weighted by Crippen LogP contribution is -2.35. The molecule has 6 nitrogen and oxygen atoms in total. The average molecular weight is 476 g/mol. The smallest absolute Gasteiger partial charge is 0.325 e. The molecule has 0 spiro atoms. The van der Waals surface area contributed by atoms with Crippen molar-refractivity contribution in [1.82, 2.24) is 15.2 Å². The molecule has 0 bridgehead atoms. The van der Waals surface area contributed by atoms with E-state index in [1.165, 1.54) is 0 Å². The number of nitrogens with zero attached hydrogens (tertiary/aromatic N) is 2. The number of nitrogens with one attached hydrogen (secondary N) is 1. The maximum absolute atomic E-state index is 12.2. The number of furan rings is 1. The first-order valence-corrected chi connectivity index (χ1v) is 10.8. The van der Waals surface area contributed by atoms with Crippen molar-refractivity contribution < 1.29 is 13.9 Å². The van der Waals surface area contributed by atoms with Gasteiger partial charge in [0.1, 0.15) is 24.1 Å². The van der Waals surface area contributed by atoms with Crippen molar-refractivity contribution in [3.63, 3.8) is 0 Å². The Morgan fingerprint density at radius 2 is 2.06 bits per heavy atom. The minimum Gasteiger partial charge on any atom is -0.465 e. The quantitative estimate of drug-likeness (QED) is 0.388. The third kappa shape index (κ3) is 4.54. The van der Waals surface area contributed by atoms with Gasteiger partial charge in [-0.1, -0.05) is 29.3 Å². The van der Waals surface area contributed by atoms with Crippen LogP contribution in [0, 0.1) is 0 Å². The highest BCUT2D eigenvalue weighted by Crippen LogP contribution is 2.40. The van der Waals surface area contributed by atoms with E-state index >= 15 is 0 Å². The maximum Gasteiger partial charge on any atom is 0.325 e. The number of hydrogen-bond acceptors (Lipinski definition) is 5. The van der Waals surface area contributed by atoms with E-state index in [4.69, 9.17) is 44.6 Å². The Morgan fingerprint density at radius 3 is 2.77 bits per heavy atom. The first-order valence-electron chi connectivity index (χ1n) is 9.66. The molecular weight excluding hydrogens is 457 g/mol. The van der Waals surface area contributed by atoms with E-state index < -0.39 is 0 Å². The van der Waals surface area contributed by atoms with E-state index in [-0.39, 0.29) is 24.6 Å². The van der Waals surface area contributed by atoms with E-state index in [2.05, 4.69) is 10.3 Å². The summed E-state index contributed by atoms with van der Waals surface area (Å²) in [5, 5.41) is 4.61. The van der Waals surface area contributed by atoms with E-state index in [9.17, 15) is 4.79 Å². The molecule has 1 aromatic carbocycles. The lowest BCUT2D eigenvalue weighted by atomic mass is 10.0. The van der Waals surface area contributed by atoms with Crippen LogP contribution in [0.2, 0.25) is 10.0 Å². The molecule has 0 saturated carbocycles. The van der Waals surface area contributed by atoms with Crippen molar-refractivity contribution in [3.05, 3.63) is 76.2 Å². The lowest BCUT2D eigenvalue weighted by Gasteiger charge is -2.25. The van der Waals surface area contributed by atoms with Crippen molar-refractivity contribution in [1.29, 1.82) is 0 Å². The maximum atomic E-state index is 12.2. The number of benzene rings is 1. The minimum absolute atomic E-state index is 0.00349. The molecule has 1 N–H and O–H groups in total. The molecule has 160 valence electrons. The second-order valence-corrected chi connectivity index (χ2v) is 8.09. The normalized spacial score (nSPS) is 18.2. The highest BCUT2D eigenvalue weighted by atomic mass is 35.5. The van der Waals surface area contributed by atoms with Gasteiger partial charge in [-0.2, -0.15) is 0 Å². The van der Waals surface area contributed by atoms with Crippen LogP contribution in [0.15, 0.2) is 59.1 Å². The van der Waals surface area contributed by atoms with Crippen molar-refractivity contribution in [3.8, 4) is 11.3 Å². The molecule has 1 aliphatic rings. The Labute approximate surface area is 195 Å². The van der Waals surface area contributed by atoms with Gasteiger partial charge in [0.25, 0.3) is 0 Å². The highest BCUT2D eigenvalue weighted by molar-refractivity contribution is 7.80. The molecule has 1 aliphatic heterocycles. The monoisotopic (exact) mass is 475 g/mol. The summed E-state index contributed by atoms with van der Waals surface area (Å²) in [6.07, 6.45) is 1.72. The van der Waals surface area contributed by atoms with Crippen LogP contribution in [0.5, 0.6) is 0 Å². The fraction of sp³-hybridized carbons (Fsp3) is 0.227. The molecule has 31 heavy (non-hydrogen) atoms. The summed E-state index contributed by atoms with van der Waals surface area (Å²) in [5.41, 5.74) is 1.58. The molecule has 1 fully saturated rings. The van der Waals surface area contributed by atoms with E-state index in [0.717, 1.165) is 11.3 Å². The van der Waals surface area contributed by atoms with Gasteiger partial charge in [-0.15, -0.1) is 0 Å². The van der Waals surface area contributed by atoms with Gasteiger partial charge in [0, 0.05) is 11.8 Å². The molecule has 0 unspecified atom stereocenters. The number of thiocarbonyl (C=S) groups is 1. The number of carbonyl (C=O) groups is 1. The van der Waals surface area contributed by atoms with Gasteiger partial charge in [0.2, 0.25) is 0 Å². The molecule has 0 amide bonds. The molecule has 0 radical (unpaired) electrons. The number of ether oxygens (including phenoxy) is 1. The molecule has 2 aromatic heterocycles. The second-order valence-electron chi connectivity index (χ2n) is 6.89. The molecule has 3 aromatic rings. The number of rotatable bonds is 6. The first-order chi connectivity index (χ1) is 15.0. The van der Waals surface area contributed by atoms with Crippen LogP contribution in [0.4, 0.5) is 0 Å². The molecule has 3 heterocycles. The van der Waals surface area contributed by atoms with Gasteiger partial charge < -0.3 is 19.4 Å². The van der Waals surface area contributed by atoms with Crippen molar-refractivity contribution in [2.45, 2.75) is 19.0 Å². The molecular formula is C22H19Cl2N3O3S. The summed E-state index contributed by atoms with van der Waals surface area (Å²) in [7, 11) is 0. The Hall–Kier alpha value is -2.61. The van der Waals surface area contributed by atoms with Crippen LogP contribution in [0.25, 0.3) is 11.3 Å². The Kier molecular flexibility index (Phi) is 6.46. The highest BCUT2D eigenvalue weighted by Gasteiger charge is 2.42. The van der Waals surface area contributed by atoms with E-state index in [1.54, 1.807) is 30.2 Å². The van der Waals surface area contributed by atoms with Crippen LogP contribution in [-0.4, -0.2) is 34.1 Å². The first kappa shape index (κ1) is 21.6. The van der Waals surface area contributed by atoms with Crippen LogP contribution in [0.1, 0.15) is 30.5 Å². The minimum atomic E-state index is -0.386. The summed E-state index contributed by atoms with van der Waals surface area (Å²) in [6.45, 7) is 2.06. The predicted molar refractivity (Wildman–Crippen MR) is 123 cm³/mol. The standard InChI is InChI=1S/C22H19Cl2N3O3S/c1-2-29-19(28)12-27-21(20(26-22(27)31)16-5-3-4-10-25-16)18-9-8-17(30-18)13-6-7-14(23)15(24)11-13/h3-11,20-21H,2,12H2,1H3,(H,26,31)/t20-,21+/m0/s1. The summed E-state index contributed by atoms with van der Waals surface area (Å²) >= 11 is 17.7. The SMILES string of the molecule is CCOC(=O)CN1C(=S)N[C@@H](c2ccccn2)[C@H]1c1ccc(-c2ccc(Cl)c(Cl)c2)o1. The van der Waals surface area contributed by atoms with Crippen molar-refractivity contribution in [2.75, 3.05) is 13.2 Å². The largest absolute Gasteiger partial charge is 0.465 e. The molecule has 0 aliphatic carbocycles. The predicted octanol–water partition coefficient (Wildman–Crippen LogP) is 5.18. The molecule has 1 saturated heterocycles. The van der Waals surface area contributed by atoms with Gasteiger partial charge >= 0.3 is 5.97 Å². The van der Waals surface area contributed by atoms with Crippen LogP contribution in [0.3, 0.4) is 0 Å². The summed E-state index contributed by atoms with van der Waals surface area (Å²) in [4.78, 5) is 18.5.